The van der Waals surface area contributed by atoms with Crippen LogP contribution in [0.3, 0.4) is 0 Å². The van der Waals surface area contributed by atoms with Gasteiger partial charge in [0.25, 0.3) is 0 Å². The molecule has 0 saturated heterocycles. The van der Waals surface area contributed by atoms with E-state index in [0.717, 1.165) is 5.56 Å². The third-order valence-corrected chi connectivity index (χ3v) is 3.55. The van der Waals surface area contributed by atoms with Gasteiger partial charge < -0.3 is 14.9 Å². The molecule has 0 aliphatic heterocycles. The van der Waals surface area contributed by atoms with E-state index in [4.69, 9.17) is 4.74 Å². The van der Waals surface area contributed by atoms with Crippen molar-refractivity contribution in [1.29, 1.82) is 0 Å². The van der Waals surface area contributed by atoms with Crippen LogP contribution in [0.5, 0.6) is 23.0 Å². The van der Waals surface area contributed by atoms with Crippen LogP contribution in [0.15, 0.2) is 42.6 Å². The summed E-state index contributed by atoms with van der Waals surface area (Å²) in [7, 11) is 0. The zero-order valence-corrected chi connectivity index (χ0v) is 12.3. The first-order chi connectivity index (χ1) is 10.5. The van der Waals surface area contributed by atoms with Gasteiger partial charge in [0, 0.05) is 11.6 Å². The molecular weight excluding hydrogens is 280 g/mol. The number of nitrogens with one attached hydrogen (secondary N) is 1. The molecule has 22 heavy (non-hydrogen) atoms. The Morgan fingerprint density at radius 2 is 1.82 bits per heavy atom. The molecule has 0 unspecified atom stereocenters. The fourth-order valence-corrected chi connectivity index (χ4v) is 2.17. The lowest BCUT2D eigenvalue weighted by Gasteiger charge is -2.09. The Labute approximate surface area is 127 Å². The molecule has 0 bridgehead atoms. The molecule has 0 aliphatic rings. The molecule has 0 saturated carbocycles. The van der Waals surface area contributed by atoms with E-state index in [2.05, 4.69) is 10.2 Å². The number of hydrogen-bond acceptors (Lipinski definition) is 4. The van der Waals surface area contributed by atoms with E-state index < -0.39 is 0 Å². The van der Waals surface area contributed by atoms with Gasteiger partial charge in [0.05, 0.1) is 6.20 Å². The topological polar surface area (TPSA) is 78.4 Å². The predicted octanol–water partition coefficient (Wildman–Crippen LogP) is 3.90. The molecule has 0 atom stereocenters. The summed E-state index contributed by atoms with van der Waals surface area (Å²) >= 11 is 0. The molecule has 5 heteroatoms. The Bertz CT molecular complexity index is 825. The molecule has 112 valence electrons. The van der Waals surface area contributed by atoms with Crippen LogP contribution >= 0.6 is 0 Å². The Kier molecular flexibility index (Phi) is 3.47. The monoisotopic (exact) mass is 296 g/mol. The number of ether oxygens (including phenoxy) is 1. The molecule has 3 aromatic rings. The molecule has 0 spiro atoms. The number of aromatic nitrogens is 2. The van der Waals surface area contributed by atoms with Crippen molar-refractivity contribution in [2.75, 3.05) is 0 Å². The van der Waals surface area contributed by atoms with Crippen LogP contribution in [0.1, 0.15) is 11.1 Å². The number of H-pyrrole nitrogens is 1. The highest BCUT2D eigenvalue weighted by Crippen LogP contribution is 2.37. The number of aromatic amines is 1. The third kappa shape index (κ3) is 2.61. The van der Waals surface area contributed by atoms with E-state index in [1.165, 1.54) is 17.7 Å². The minimum Gasteiger partial charge on any atom is -0.508 e. The molecule has 3 rings (SSSR count). The molecule has 0 aliphatic carbocycles. The minimum atomic E-state index is -0.0583. The first-order valence-corrected chi connectivity index (χ1v) is 6.86. The first-order valence-electron chi connectivity index (χ1n) is 6.86. The normalized spacial score (nSPS) is 10.6. The Morgan fingerprint density at radius 3 is 2.55 bits per heavy atom. The van der Waals surface area contributed by atoms with E-state index in [0.29, 0.717) is 22.8 Å². The average Bonchev–Trinajstić information content (AvgIpc) is 2.91. The highest BCUT2D eigenvalue weighted by atomic mass is 16.5. The van der Waals surface area contributed by atoms with Crippen molar-refractivity contribution in [1.82, 2.24) is 10.2 Å². The summed E-state index contributed by atoms with van der Waals surface area (Å²) in [5.74, 6) is 1.14. The minimum absolute atomic E-state index is 0.00610. The molecule has 0 amide bonds. The van der Waals surface area contributed by atoms with Crippen molar-refractivity contribution in [2.45, 2.75) is 13.8 Å². The van der Waals surface area contributed by atoms with Crippen LogP contribution in [0.4, 0.5) is 0 Å². The lowest BCUT2D eigenvalue weighted by Crippen LogP contribution is -1.88. The summed E-state index contributed by atoms with van der Waals surface area (Å²) in [6, 6.07) is 10.2. The molecular formula is C17H16N2O3. The molecule has 2 aromatic carbocycles. The van der Waals surface area contributed by atoms with Crippen LogP contribution in [0, 0.1) is 13.8 Å². The van der Waals surface area contributed by atoms with E-state index in [9.17, 15) is 10.2 Å². The fourth-order valence-electron chi connectivity index (χ4n) is 2.17. The molecule has 0 radical (unpaired) electrons. The van der Waals surface area contributed by atoms with Gasteiger partial charge in [-0.05, 0) is 49.2 Å². The van der Waals surface area contributed by atoms with Crippen molar-refractivity contribution >= 4 is 0 Å². The standard InChI is InChI=1S/C17H16N2O3/c1-10-3-5-13(7-11(10)2)22-16-9-18-19-17(16)14-6-4-12(20)8-15(14)21/h3-9,20-21H,1-2H3,(H,18,19). The second-order valence-corrected chi connectivity index (χ2v) is 5.15. The average molecular weight is 296 g/mol. The van der Waals surface area contributed by atoms with Gasteiger partial charge in [0.2, 0.25) is 0 Å². The summed E-state index contributed by atoms with van der Waals surface area (Å²) in [5, 5.41) is 26.2. The van der Waals surface area contributed by atoms with Gasteiger partial charge in [0.1, 0.15) is 22.9 Å². The number of rotatable bonds is 3. The molecule has 0 fully saturated rings. The van der Waals surface area contributed by atoms with E-state index in [1.54, 1.807) is 12.3 Å². The van der Waals surface area contributed by atoms with Crippen molar-refractivity contribution in [3.63, 3.8) is 0 Å². The highest BCUT2D eigenvalue weighted by Gasteiger charge is 2.15. The third-order valence-electron chi connectivity index (χ3n) is 3.55. The summed E-state index contributed by atoms with van der Waals surface area (Å²) < 4.78 is 5.86. The lowest BCUT2D eigenvalue weighted by molar-refractivity contribution is 0.450. The zero-order valence-electron chi connectivity index (χ0n) is 12.3. The quantitative estimate of drug-likeness (QED) is 0.685. The maximum atomic E-state index is 9.96. The summed E-state index contributed by atoms with van der Waals surface area (Å²) in [4.78, 5) is 0. The van der Waals surface area contributed by atoms with Crippen molar-refractivity contribution < 1.29 is 14.9 Å². The van der Waals surface area contributed by atoms with Crippen LogP contribution < -0.4 is 4.74 Å². The smallest absolute Gasteiger partial charge is 0.173 e. The van der Waals surface area contributed by atoms with Gasteiger partial charge in [-0.25, -0.2) is 0 Å². The number of aromatic hydroxyl groups is 2. The summed E-state index contributed by atoms with van der Waals surface area (Å²) in [6.07, 6.45) is 1.62. The zero-order chi connectivity index (χ0) is 15.7. The fraction of sp³-hybridized carbons (Fsp3) is 0.118. The largest absolute Gasteiger partial charge is 0.508 e. The van der Waals surface area contributed by atoms with E-state index in [1.807, 2.05) is 32.0 Å². The lowest BCUT2D eigenvalue weighted by atomic mass is 10.1. The van der Waals surface area contributed by atoms with Crippen LogP contribution in [-0.2, 0) is 0 Å². The number of phenolic OH excluding ortho intramolecular Hbond substituents is 2. The maximum Gasteiger partial charge on any atom is 0.173 e. The van der Waals surface area contributed by atoms with Crippen LogP contribution in [-0.4, -0.2) is 20.4 Å². The van der Waals surface area contributed by atoms with E-state index >= 15 is 0 Å². The van der Waals surface area contributed by atoms with Crippen LogP contribution in [0.2, 0.25) is 0 Å². The van der Waals surface area contributed by atoms with Crippen molar-refractivity contribution in [3.8, 4) is 34.3 Å². The second kappa shape index (κ2) is 5.44. The first kappa shape index (κ1) is 14.0. The number of phenols is 2. The van der Waals surface area contributed by atoms with E-state index in [-0.39, 0.29) is 11.5 Å². The SMILES string of the molecule is Cc1ccc(Oc2c[nH]nc2-c2ccc(O)cc2O)cc1C. The van der Waals surface area contributed by atoms with Gasteiger partial charge in [-0.15, -0.1) is 0 Å². The number of aryl methyl sites for hydroxylation is 2. The Hall–Kier alpha value is -2.95. The number of hydrogen-bond donors (Lipinski definition) is 3. The summed E-state index contributed by atoms with van der Waals surface area (Å²) in [6.45, 7) is 4.06. The van der Waals surface area contributed by atoms with Crippen molar-refractivity contribution in [3.05, 3.63) is 53.7 Å². The number of benzene rings is 2. The predicted molar refractivity (Wildman–Crippen MR) is 83.3 cm³/mol. The number of nitrogens with zero attached hydrogens (tertiary/aromatic N) is 1. The molecule has 3 N–H and O–H groups in total. The van der Waals surface area contributed by atoms with Gasteiger partial charge in [0.15, 0.2) is 5.75 Å². The molecule has 1 aromatic heterocycles. The maximum absolute atomic E-state index is 9.96. The van der Waals surface area contributed by atoms with Gasteiger partial charge >= 0.3 is 0 Å². The highest BCUT2D eigenvalue weighted by molar-refractivity contribution is 5.72. The molecule has 1 heterocycles. The summed E-state index contributed by atoms with van der Waals surface area (Å²) in [5.41, 5.74) is 3.29. The molecule has 5 nitrogen and oxygen atoms in total. The van der Waals surface area contributed by atoms with Crippen molar-refractivity contribution in [2.24, 2.45) is 0 Å². The Balaban J connectivity index is 1.96. The van der Waals surface area contributed by atoms with Gasteiger partial charge in [-0.2, -0.15) is 5.10 Å². The van der Waals surface area contributed by atoms with Gasteiger partial charge in [-0.1, -0.05) is 6.07 Å². The Morgan fingerprint density at radius 1 is 1.00 bits per heavy atom. The van der Waals surface area contributed by atoms with Gasteiger partial charge in [-0.3, -0.25) is 5.10 Å². The second-order valence-electron chi connectivity index (χ2n) is 5.15. The van der Waals surface area contributed by atoms with Crippen LogP contribution in [0.25, 0.3) is 11.3 Å².